The summed E-state index contributed by atoms with van der Waals surface area (Å²) in [5.41, 5.74) is -0.631. The van der Waals surface area contributed by atoms with Gasteiger partial charge in [-0.05, 0) is 24.6 Å². The molecule has 2 rings (SSSR count). The molecule has 1 aromatic heterocycles. The predicted octanol–water partition coefficient (Wildman–Crippen LogP) is 2.67. The van der Waals surface area contributed by atoms with Gasteiger partial charge in [-0.25, -0.2) is 4.68 Å². The number of benzene rings is 1. The summed E-state index contributed by atoms with van der Waals surface area (Å²) in [4.78, 5) is 12.2. The number of aromatic nitrogens is 2. The van der Waals surface area contributed by atoms with E-state index >= 15 is 0 Å². The SMILES string of the molecule is COCCCNC(=O)c1nn(-c2cccc(C(F)(F)F)c2)cc1OC. The number of carbonyl (C=O) groups excluding carboxylic acids is 1. The quantitative estimate of drug-likeness (QED) is 0.774. The lowest BCUT2D eigenvalue weighted by atomic mass is 10.2. The van der Waals surface area contributed by atoms with Gasteiger partial charge < -0.3 is 14.8 Å². The van der Waals surface area contributed by atoms with E-state index in [2.05, 4.69) is 10.4 Å². The normalized spacial score (nSPS) is 11.4. The van der Waals surface area contributed by atoms with E-state index in [1.165, 1.54) is 30.1 Å². The van der Waals surface area contributed by atoms with Gasteiger partial charge in [0.05, 0.1) is 24.6 Å². The number of hydrogen-bond donors (Lipinski definition) is 1. The molecule has 0 aliphatic carbocycles. The maximum atomic E-state index is 12.8. The third-order valence-electron chi connectivity index (χ3n) is 3.36. The predicted molar refractivity (Wildman–Crippen MR) is 83.9 cm³/mol. The monoisotopic (exact) mass is 357 g/mol. The van der Waals surface area contributed by atoms with E-state index in [1.54, 1.807) is 7.11 Å². The number of methoxy groups -OCH3 is 2. The summed E-state index contributed by atoms with van der Waals surface area (Å²) in [7, 11) is 2.91. The summed E-state index contributed by atoms with van der Waals surface area (Å²) >= 11 is 0. The Labute approximate surface area is 142 Å². The molecule has 0 saturated carbocycles. The Morgan fingerprint density at radius 1 is 1.32 bits per heavy atom. The van der Waals surface area contributed by atoms with Crippen molar-refractivity contribution in [3.8, 4) is 11.4 Å². The lowest BCUT2D eigenvalue weighted by Gasteiger charge is -2.08. The Kier molecular flexibility index (Phi) is 6.02. The molecule has 0 spiro atoms. The molecule has 0 atom stereocenters. The van der Waals surface area contributed by atoms with Gasteiger partial charge in [0.15, 0.2) is 11.4 Å². The van der Waals surface area contributed by atoms with Crippen molar-refractivity contribution in [2.75, 3.05) is 27.4 Å². The lowest BCUT2D eigenvalue weighted by molar-refractivity contribution is -0.137. The number of hydrogen-bond acceptors (Lipinski definition) is 4. The summed E-state index contributed by atoms with van der Waals surface area (Å²) in [6.45, 7) is 0.877. The zero-order valence-corrected chi connectivity index (χ0v) is 13.8. The van der Waals surface area contributed by atoms with Crippen LogP contribution in [0, 0.1) is 0 Å². The van der Waals surface area contributed by atoms with Crippen molar-refractivity contribution in [2.45, 2.75) is 12.6 Å². The van der Waals surface area contributed by atoms with Gasteiger partial charge in [0.2, 0.25) is 0 Å². The van der Waals surface area contributed by atoms with E-state index < -0.39 is 17.6 Å². The van der Waals surface area contributed by atoms with Crippen molar-refractivity contribution in [3.05, 3.63) is 41.7 Å². The van der Waals surface area contributed by atoms with Crippen LogP contribution >= 0.6 is 0 Å². The molecule has 0 aliphatic heterocycles. The van der Waals surface area contributed by atoms with Crippen LogP contribution in [0.5, 0.6) is 5.75 Å². The molecular weight excluding hydrogens is 339 g/mol. The minimum absolute atomic E-state index is 0.00247. The van der Waals surface area contributed by atoms with E-state index in [0.29, 0.717) is 19.6 Å². The number of rotatable bonds is 7. The van der Waals surface area contributed by atoms with Crippen molar-refractivity contribution >= 4 is 5.91 Å². The summed E-state index contributed by atoms with van der Waals surface area (Å²) < 4.78 is 49.7. The first-order chi connectivity index (χ1) is 11.9. The second-order valence-corrected chi connectivity index (χ2v) is 5.14. The van der Waals surface area contributed by atoms with Gasteiger partial charge in [0.25, 0.3) is 5.91 Å². The van der Waals surface area contributed by atoms with Gasteiger partial charge in [-0.3, -0.25) is 4.79 Å². The van der Waals surface area contributed by atoms with Gasteiger partial charge >= 0.3 is 6.18 Å². The first-order valence-electron chi connectivity index (χ1n) is 7.45. The van der Waals surface area contributed by atoms with Gasteiger partial charge in [-0.15, -0.1) is 0 Å². The third kappa shape index (κ3) is 4.72. The molecule has 25 heavy (non-hydrogen) atoms. The Hall–Kier alpha value is -2.55. The number of halogens is 3. The maximum absolute atomic E-state index is 12.8. The molecule has 0 bridgehead atoms. The van der Waals surface area contributed by atoms with E-state index in [1.807, 2.05) is 0 Å². The zero-order chi connectivity index (χ0) is 18.4. The maximum Gasteiger partial charge on any atom is 0.416 e. The van der Waals surface area contributed by atoms with Crippen LogP contribution < -0.4 is 10.1 Å². The first kappa shape index (κ1) is 18.8. The topological polar surface area (TPSA) is 65.4 Å². The van der Waals surface area contributed by atoms with Crippen LogP contribution in [0.1, 0.15) is 22.5 Å². The Morgan fingerprint density at radius 2 is 2.08 bits per heavy atom. The number of carbonyl (C=O) groups is 1. The van der Waals surface area contributed by atoms with Gasteiger partial charge in [-0.2, -0.15) is 18.3 Å². The fourth-order valence-electron chi connectivity index (χ4n) is 2.12. The average molecular weight is 357 g/mol. The highest BCUT2D eigenvalue weighted by Gasteiger charge is 2.30. The molecule has 136 valence electrons. The molecular formula is C16H18F3N3O3. The fraction of sp³-hybridized carbons (Fsp3) is 0.375. The number of nitrogens with one attached hydrogen (secondary N) is 1. The number of alkyl halides is 3. The van der Waals surface area contributed by atoms with Crippen molar-refractivity contribution in [2.24, 2.45) is 0 Å². The molecule has 1 N–H and O–H groups in total. The van der Waals surface area contributed by atoms with Crippen LogP contribution in [0.15, 0.2) is 30.5 Å². The van der Waals surface area contributed by atoms with Gasteiger partial charge in [0.1, 0.15) is 0 Å². The molecule has 0 aliphatic rings. The Balaban J connectivity index is 2.24. The summed E-state index contributed by atoms with van der Waals surface area (Å²) in [6, 6.07) is 4.65. The third-order valence-corrected chi connectivity index (χ3v) is 3.36. The summed E-state index contributed by atoms with van der Waals surface area (Å²) in [5, 5.41) is 6.71. The fourth-order valence-corrected chi connectivity index (χ4v) is 2.12. The largest absolute Gasteiger partial charge is 0.493 e. The van der Waals surface area contributed by atoms with Crippen molar-refractivity contribution in [3.63, 3.8) is 0 Å². The number of amides is 1. The van der Waals surface area contributed by atoms with E-state index in [4.69, 9.17) is 9.47 Å². The molecule has 9 heteroatoms. The molecule has 0 saturated heterocycles. The summed E-state index contributed by atoms with van der Waals surface area (Å²) in [6.07, 6.45) is -2.48. The van der Waals surface area contributed by atoms with E-state index in [0.717, 1.165) is 12.1 Å². The first-order valence-corrected chi connectivity index (χ1v) is 7.45. The molecule has 6 nitrogen and oxygen atoms in total. The Bertz CT molecular complexity index is 729. The molecule has 1 amide bonds. The molecule has 1 aromatic carbocycles. The standard InChI is InChI=1S/C16H18F3N3O3/c1-24-8-4-7-20-15(23)14-13(25-2)10-22(21-14)12-6-3-5-11(9-12)16(17,18)19/h3,5-6,9-10H,4,7-8H2,1-2H3,(H,20,23). The van der Waals surface area contributed by atoms with Crippen LogP contribution in [0.25, 0.3) is 5.69 Å². The summed E-state index contributed by atoms with van der Waals surface area (Å²) in [5.74, 6) is -0.305. The van der Waals surface area contributed by atoms with E-state index in [-0.39, 0.29) is 17.1 Å². The van der Waals surface area contributed by atoms with Crippen LogP contribution in [-0.2, 0) is 10.9 Å². The van der Waals surface area contributed by atoms with E-state index in [9.17, 15) is 18.0 Å². The van der Waals surface area contributed by atoms with Crippen LogP contribution in [0.2, 0.25) is 0 Å². The van der Waals surface area contributed by atoms with Gasteiger partial charge in [-0.1, -0.05) is 6.07 Å². The second kappa shape index (κ2) is 8.02. The number of ether oxygens (including phenoxy) is 2. The highest BCUT2D eigenvalue weighted by atomic mass is 19.4. The molecule has 0 fully saturated rings. The van der Waals surface area contributed by atoms with Crippen molar-refractivity contribution in [1.29, 1.82) is 0 Å². The van der Waals surface area contributed by atoms with Crippen LogP contribution in [0.4, 0.5) is 13.2 Å². The molecule has 1 heterocycles. The van der Waals surface area contributed by atoms with Crippen LogP contribution in [0.3, 0.4) is 0 Å². The molecule has 0 radical (unpaired) electrons. The van der Waals surface area contributed by atoms with Gasteiger partial charge in [0, 0.05) is 20.3 Å². The molecule has 0 unspecified atom stereocenters. The minimum Gasteiger partial charge on any atom is -0.493 e. The van der Waals surface area contributed by atoms with Crippen molar-refractivity contribution in [1.82, 2.24) is 15.1 Å². The molecule has 2 aromatic rings. The minimum atomic E-state index is -4.46. The van der Waals surface area contributed by atoms with Crippen LogP contribution in [-0.4, -0.2) is 43.1 Å². The zero-order valence-electron chi connectivity index (χ0n) is 13.8. The number of nitrogens with zero attached hydrogens (tertiary/aromatic N) is 2. The lowest BCUT2D eigenvalue weighted by Crippen LogP contribution is -2.26. The average Bonchev–Trinajstić information content (AvgIpc) is 3.02. The highest BCUT2D eigenvalue weighted by Crippen LogP contribution is 2.30. The second-order valence-electron chi connectivity index (χ2n) is 5.14. The smallest absolute Gasteiger partial charge is 0.416 e. The highest BCUT2D eigenvalue weighted by molar-refractivity contribution is 5.94. The van der Waals surface area contributed by atoms with Crippen molar-refractivity contribution < 1.29 is 27.4 Å². The Morgan fingerprint density at radius 3 is 2.72 bits per heavy atom.